The monoisotopic (exact) mass is 522 g/mol. The van der Waals surface area contributed by atoms with E-state index in [1.807, 2.05) is 47.4 Å². The van der Waals surface area contributed by atoms with E-state index in [0.29, 0.717) is 41.2 Å². The molecule has 6 rings (SSSR count). The highest BCUT2D eigenvalue weighted by molar-refractivity contribution is 6.37. The zero-order valence-electron chi connectivity index (χ0n) is 21.8. The quantitative estimate of drug-likeness (QED) is 0.369. The Balaban J connectivity index is 1.33. The second-order valence-electron chi connectivity index (χ2n) is 10.1. The van der Waals surface area contributed by atoms with Gasteiger partial charge in [0.25, 0.3) is 5.91 Å². The Morgan fingerprint density at radius 2 is 1.74 bits per heavy atom. The van der Waals surface area contributed by atoms with Crippen molar-refractivity contribution in [3.8, 4) is 0 Å². The zero-order valence-corrected chi connectivity index (χ0v) is 21.8. The fourth-order valence-electron chi connectivity index (χ4n) is 5.65. The molecule has 0 radical (unpaired) electrons. The molecule has 3 aliphatic rings. The van der Waals surface area contributed by atoms with Gasteiger partial charge in [-0.3, -0.25) is 14.5 Å². The van der Waals surface area contributed by atoms with E-state index >= 15 is 0 Å². The maximum Gasteiger partial charge on any atom is 0.337 e. The molecule has 3 aliphatic heterocycles. The van der Waals surface area contributed by atoms with Gasteiger partial charge in [0.2, 0.25) is 5.91 Å². The fourth-order valence-corrected chi connectivity index (χ4v) is 5.65. The first-order valence-corrected chi connectivity index (χ1v) is 13.3. The molecule has 2 amide bonds. The third-order valence-electron chi connectivity index (χ3n) is 7.60. The zero-order chi connectivity index (χ0) is 26.9. The van der Waals surface area contributed by atoms with Crippen molar-refractivity contribution in [1.29, 1.82) is 0 Å². The number of ether oxygens (including phenoxy) is 1. The molecule has 3 aromatic rings. The molecule has 0 spiro atoms. The van der Waals surface area contributed by atoms with Crippen LogP contribution in [0.2, 0.25) is 0 Å². The van der Waals surface area contributed by atoms with Crippen LogP contribution in [0.15, 0.2) is 66.7 Å². The Bertz CT molecular complexity index is 1490. The summed E-state index contributed by atoms with van der Waals surface area (Å²) in [5.41, 5.74) is 6.55. The van der Waals surface area contributed by atoms with E-state index in [0.717, 1.165) is 54.9 Å². The number of hydrogen-bond acceptors (Lipinski definition) is 6. The van der Waals surface area contributed by atoms with Crippen molar-refractivity contribution in [3.05, 3.63) is 89.0 Å². The van der Waals surface area contributed by atoms with Crippen molar-refractivity contribution in [2.24, 2.45) is 0 Å². The van der Waals surface area contributed by atoms with E-state index in [-0.39, 0.29) is 11.8 Å². The van der Waals surface area contributed by atoms with E-state index < -0.39 is 5.97 Å². The Hall–Kier alpha value is -4.43. The summed E-state index contributed by atoms with van der Waals surface area (Å²) in [7, 11) is 1.33. The fraction of sp³-hybridized carbons (Fsp3) is 0.258. The summed E-state index contributed by atoms with van der Waals surface area (Å²) in [5, 5.41) is 6.40. The second kappa shape index (κ2) is 10.4. The molecular formula is C31H30N4O4. The van der Waals surface area contributed by atoms with Gasteiger partial charge in [0, 0.05) is 23.5 Å². The standard InChI is InChI=1S/C31H30N4O4/c1-39-31(38)22-9-11-24-25(18-22)33-30(37)28(24)29(20-7-3-2-4-8-20)32-23-10-12-26-21(17-23)13-16-35(26)27(36)19-34-14-5-6-15-34/h2-4,7-12,17-18,32H,5-6,13-16,19H2,1H3,(H,33,37)/b29-28-. The number of carbonyl (C=O) groups is 3. The predicted molar refractivity (Wildman–Crippen MR) is 151 cm³/mol. The number of nitrogens with zero attached hydrogens (tertiary/aromatic N) is 2. The van der Waals surface area contributed by atoms with Crippen molar-refractivity contribution >= 4 is 46.1 Å². The highest BCUT2D eigenvalue weighted by Crippen LogP contribution is 2.39. The van der Waals surface area contributed by atoms with Gasteiger partial charge in [0.05, 0.1) is 36.2 Å². The minimum atomic E-state index is -0.461. The van der Waals surface area contributed by atoms with Crippen LogP contribution in [0.4, 0.5) is 17.1 Å². The summed E-state index contributed by atoms with van der Waals surface area (Å²) in [5.74, 6) is -0.566. The molecule has 0 aromatic heterocycles. The van der Waals surface area contributed by atoms with Crippen molar-refractivity contribution in [1.82, 2.24) is 4.90 Å². The minimum absolute atomic E-state index is 0.147. The summed E-state index contributed by atoms with van der Waals surface area (Å²) in [6, 6.07) is 20.8. The number of esters is 1. The third kappa shape index (κ3) is 4.79. The number of rotatable bonds is 6. The summed E-state index contributed by atoms with van der Waals surface area (Å²) >= 11 is 0. The maximum atomic E-state index is 13.3. The molecule has 1 saturated heterocycles. The minimum Gasteiger partial charge on any atom is -0.465 e. The number of carbonyl (C=O) groups excluding carboxylic acids is 3. The van der Waals surface area contributed by atoms with Crippen molar-refractivity contribution in [2.45, 2.75) is 19.3 Å². The van der Waals surface area contributed by atoms with Crippen LogP contribution >= 0.6 is 0 Å². The number of benzene rings is 3. The van der Waals surface area contributed by atoms with E-state index in [1.165, 1.54) is 7.11 Å². The molecule has 3 heterocycles. The van der Waals surface area contributed by atoms with Crippen LogP contribution in [0.3, 0.4) is 0 Å². The molecule has 0 bridgehead atoms. The van der Waals surface area contributed by atoms with Crippen LogP contribution in [0.1, 0.15) is 39.9 Å². The van der Waals surface area contributed by atoms with Crippen molar-refractivity contribution in [3.63, 3.8) is 0 Å². The van der Waals surface area contributed by atoms with Crippen LogP contribution in [0, 0.1) is 0 Å². The first kappa shape index (κ1) is 24.9. The van der Waals surface area contributed by atoms with Crippen LogP contribution in [0.5, 0.6) is 0 Å². The molecule has 198 valence electrons. The molecule has 0 aliphatic carbocycles. The molecular weight excluding hydrogens is 492 g/mol. The van der Waals surface area contributed by atoms with Gasteiger partial charge in [0.15, 0.2) is 0 Å². The third-order valence-corrected chi connectivity index (χ3v) is 7.60. The predicted octanol–water partition coefficient (Wildman–Crippen LogP) is 4.39. The molecule has 8 nitrogen and oxygen atoms in total. The average Bonchev–Trinajstić information content (AvgIpc) is 3.69. The van der Waals surface area contributed by atoms with E-state index in [1.54, 1.807) is 18.2 Å². The summed E-state index contributed by atoms with van der Waals surface area (Å²) < 4.78 is 4.83. The van der Waals surface area contributed by atoms with Crippen molar-refractivity contribution in [2.75, 3.05) is 48.8 Å². The number of hydrogen-bond donors (Lipinski definition) is 2. The Kier molecular flexibility index (Phi) is 6.62. The first-order valence-electron chi connectivity index (χ1n) is 13.3. The average molecular weight is 523 g/mol. The molecule has 0 saturated carbocycles. The van der Waals surface area contributed by atoms with Gasteiger partial charge in [-0.1, -0.05) is 36.4 Å². The molecule has 8 heteroatoms. The van der Waals surface area contributed by atoms with Gasteiger partial charge in [-0.2, -0.15) is 0 Å². The number of methoxy groups -OCH3 is 1. The van der Waals surface area contributed by atoms with Gasteiger partial charge >= 0.3 is 5.97 Å². The van der Waals surface area contributed by atoms with Crippen LogP contribution in [-0.4, -0.2) is 56.0 Å². The molecule has 1 fully saturated rings. The number of anilines is 3. The van der Waals surface area contributed by atoms with Crippen molar-refractivity contribution < 1.29 is 19.1 Å². The highest BCUT2D eigenvalue weighted by Gasteiger charge is 2.30. The highest BCUT2D eigenvalue weighted by atomic mass is 16.5. The van der Waals surface area contributed by atoms with E-state index in [9.17, 15) is 14.4 Å². The van der Waals surface area contributed by atoms with Crippen LogP contribution < -0.4 is 15.5 Å². The molecule has 0 atom stereocenters. The van der Waals surface area contributed by atoms with Gasteiger partial charge in [-0.05, 0) is 73.8 Å². The topological polar surface area (TPSA) is 91.0 Å². The number of amides is 2. The lowest BCUT2D eigenvalue weighted by Gasteiger charge is -2.22. The molecule has 2 N–H and O–H groups in total. The van der Waals surface area contributed by atoms with Gasteiger partial charge in [0.1, 0.15) is 0 Å². The number of likely N-dealkylation sites (tertiary alicyclic amines) is 1. The summed E-state index contributed by atoms with van der Waals surface area (Å²) in [6.45, 7) is 3.13. The lowest BCUT2D eigenvalue weighted by Crippen LogP contribution is -2.38. The first-order chi connectivity index (χ1) is 19.0. The SMILES string of the molecule is COC(=O)c1ccc2c(c1)NC(=O)/C2=C(\Nc1ccc2c(c1)CCN2C(=O)CN1CCCC1)c1ccccc1. The summed E-state index contributed by atoms with van der Waals surface area (Å²) in [6.07, 6.45) is 3.10. The largest absolute Gasteiger partial charge is 0.465 e. The van der Waals surface area contributed by atoms with Crippen LogP contribution in [-0.2, 0) is 20.7 Å². The number of nitrogens with one attached hydrogen (secondary N) is 2. The van der Waals surface area contributed by atoms with E-state index in [2.05, 4.69) is 21.6 Å². The Morgan fingerprint density at radius 3 is 2.51 bits per heavy atom. The lowest BCUT2D eigenvalue weighted by atomic mass is 9.99. The second-order valence-corrected chi connectivity index (χ2v) is 10.1. The van der Waals surface area contributed by atoms with Gasteiger partial charge in [-0.15, -0.1) is 0 Å². The maximum absolute atomic E-state index is 13.3. The number of fused-ring (bicyclic) bond motifs is 2. The lowest BCUT2D eigenvalue weighted by molar-refractivity contribution is -0.119. The molecule has 3 aromatic carbocycles. The Morgan fingerprint density at radius 1 is 0.949 bits per heavy atom. The normalized spacial score (nSPS) is 17.5. The molecule has 0 unspecified atom stereocenters. The van der Waals surface area contributed by atoms with E-state index in [4.69, 9.17) is 4.74 Å². The molecule has 39 heavy (non-hydrogen) atoms. The van der Waals surface area contributed by atoms with Gasteiger partial charge in [-0.25, -0.2) is 4.79 Å². The van der Waals surface area contributed by atoms with Crippen LogP contribution in [0.25, 0.3) is 11.3 Å². The smallest absolute Gasteiger partial charge is 0.337 e. The Labute approximate surface area is 227 Å². The van der Waals surface area contributed by atoms with Gasteiger partial charge < -0.3 is 20.3 Å². The summed E-state index contributed by atoms with van der Waals surface area (Å²) in [4.78, 5) is 42.4.